The molecule has 1 amide bonds. The Morgan fingerprint density at radius 2 is 1.69 bits per heavy atom. The topological polar surface area (TPSA) is 54.0 Å². The number of carbonyl (C=O) groups excluding carboxylic acids is 1. The molecule has 0 unspecified atom stereocenters. The Labute approximate surface area is 156 Å². The summed E-state index contributed by atoms with van der Waals surface area (Å²) in [6, 6.07) is 11.8. The summed E-state index contributed by atoms with van der Waals surface area (Å²) >= 11 is 5.74. The molecule has 132 valence electrons. The molecule has 3 rings (SSSR count). The largest absolute Gasteiger partial charge is 0.354 e. The molecule has 2 aromatic carbocycles. The molecular formula is C20H17ClFN3O. The maximum absolute atomic E-state index is 13.2. The van der Waals surface area contributed by atoms with Crippen molar-refractivity contribution in [2.45, 2.75) is 13.8 Å². The Kier molecular flexibility index (Phi) is 5.19. The van der Waals surface area contributed by atoms with Crippen LogP contribution >= 0.6 is 11.6 Å². The van der Waals surface area contributed by atoms with Crippen molar-refractivity contribution in [3.63, 3.8) is 0 Å². The lowest BCUT2D eigenvalue weighted by atomic mass is 10.1. The standard InChI is InChI=1S/C20H17ClFN3O/c1-12-5-13(2)7-16(6-12)24-17-8-14(10-23-11-17)20(26)25-15-3-4-19(22)18(21)9-15/h3-11,24H,1-2H3,(H,25,26). The molecule has 1 heterocycles. The molecular weight excluding hydrogens is 353 g/mol. The van der Waals surface area contributed by atoms with E-state index in [-0.39, 0.29) is 10.9 Å². The number of hydrogen-bond acceptors (Lipinski definition) is 3. The fourth-order valence-corrected chi connectivity index (χ4v) is 2.80. The zero-order valence-corrected chi connectivity index (χ0v) is 15.1. The molecule has 0 radical (unpaired) electrons. The van der Waals surface area contributed by atoms with E-state index >= 15 is 0 Å². The number of nitrogens with zero attached hydrogens (tertiary/aromatic N) is 1. The van der Waals surface area contributed by atoms with Gasteiger partial charge >= 0.3 is 0 Å². The zero-order chi connectivity index (χ0) is 18.7. The van der Waals surface area contributed by atoms with Crippen molar-refractivity contribution in [2.75, 3.05) is 10.6 Å². The van der Waals surface area contributed by atoms with Gasteiger partial charge in [0.05, 0.1) is 22.5 Å². The number of halogens is 2. The maximum atomic E-state index is 13.2. The summed E-state index contributed by atoms with van der Waals surface area (Å²) in [5, 5.41) is 5.88. The molecule has 3 aromatic rings. The Bertz CT molecular complexity index is 955. The smallest absolute Gasteiger partial charge is 0.257 e. The Balaban J connectivity index is 1.77. The Morgan fingerprint density at radius 3 is 2.38 bits per heavy atom. The highest BCUT2D eigenvalue weighted by atomic mass is 35.5. The third-order valence-electron chi connectivity index (χ3n) is 3.69. The molecule has 0 saturated heterocycles. The number of anilines is 3. The maximum Gasteiger partial charge on any atom is 0.257 e. The monoisotopic (exact) mass is 369 g/mol. The number of rotatable bonds is 4. The molecule has 4 nitrogen and oxygen atoms in total. The second-order valence-electron chi connectivity index (χ2n) is 6.05. The van der Waals surface area contributed by atoms with E-state index in [0.29, 0.717) is 16.9 Å². The van der Waals surface area contributed by atoms with Crippen LogP contribution in [-0.2, 0) is 0 Å². The van der Waals surface area contributed by atoms with E-state index in [1.165, 1.54) is 24.4 Å². The molecule has 0 saturated carbocycles. The molecule has 0 aliphatic carbocycles. The van der Waals surface area contributed by atoms with Crippen molar-refractivity contribution in [2.24, 2.45) is 0 Å². The van der Waals surface area contributed by atoms with Crippen LogP contribution in [0.15, 0.2) is 54.9 Å². The summed E-state index contributed by atoms with van der Waals surface area (Å²) in [5.41, 5.74) is 4.69. The summed E-state index contributed by atoms with van der Waals surface area (Å²) in [5.74, 6) is -0.893. The van der Waals surface area contributed by atoms with E-state index < -0.39 is 5.82 Å². The summed E-state index contributed by atoms with van der Waals surface area (Å²) in [6.07, 6.45) is 3.11. The van der Waals surface area contributed by atoms with Gasteiger partial charge in [0, 0.05) is 17.6 Å². The predicted molar refractivity (Wildman–Crippen MR) is 103 cm³/mol. The molecule has 0 fully saturated rings. The molecule has 6 heteroatoms. The van der Waals surface area contributed by atoms with Crippen molar-refractivity contribution in [3.8, 4) is 0 Å². The molecule has 0 bridgehead atoms. The van der Waals surface area contributed by atoms with Gasteiger partial charge < -0.3 is 10.6 Å². The minimum Gasteiger partial charge on any atom is -0.354 e. The van der Waals surface area contributed by atoms with Crippen LogP contribution in [-0.4, -0.2) is 10.9 Å². The van der Waals surface area contributed by atoms with Gasteiger partial charge in [-0.15, -0.1) is 0 Å². The molecule has 0 aliphatic rings. The second-order valence-corrected chi connectivity index (χ2v) is 6.45. The van der Waals surface area contributed by atoms with Crippen LogP contribution in [0.2, 0.25) is 5.02 Å². The SMILES string of the molecule is Cc1cc(C)cc(Nc2cncc(C(=O)Nc3ccc(F)c(Cl)c3)c2)c1. The van der Waals surface area contributed by atoms with Gasteiger partial charge in [-0.25, -0.2) is 4.39 Å². The molecule has 0 spiro atoms. The minimum atomic E-state index is -0.536. The van der Waals surface area contributed by atoms with E-state index in [4.69, 9.17) is 11.6 Å². The zero-order valence-electron chi connectivity index (χ0n) is 14.3. The Morgan fingerprint density at radius 1 is 0.962 bits per heavy atom. The molecule has 1 aromatic heterocycles. The summed E-state index contributed by atoms with van der Waals surface area (Å²) < 4.78 is 13.2. The normalized spacial score (nSPS) is 10.5. The van der Waals surface area contributed by atoms with Crippen molar-refractivity contribution < 1.29 is 9.18 Å². The first-order valence-electron chi connectivity index (χ1n) is 7.97. The average Bonchev–Trinajstić information content (AvgIpc) is 2.57. The quantitative estimate of drug-likeness (QED) is 0.639. The van der Waals surface area contributed by atoms with Crippen LogP contribution in [0.25, 0.3) is 0 Å². The van der Waals surface area contributed by atoms with Gasteiger partial charge in [0.2, 0.25) is 0 Å². The van der Waals surface area contributed by atoms with Crippen LogP contribution in [0.5, 0.6) is 0 Å². The van der Waals surface area contributed by atoms with Crippen LogP contribution < -0.4 is 10.6 Å². The lowest BCUT2D eigenvalue weighted by Crippen LogP contribution is -2.12. The fourth-order valence-electron chi connectivity index (χ4n) is 2.62. The minimum absolute atomic E-state index is 0.0499. The molecule has 2 N–H and O–H groups in total. The van der Waals surface area contributed by atoms with E-state index in [9.17, 15) is 9.18 Å². The highest BCUT2D eigenvalue weighted by Crippen LogP contribution is 2.22. The number of aryl methyl sites for hydroxylation is 2. The lowest BCUT2D eigenvalue weighted by Gasteiger charge is -2.10. The van der Waals surface area contributed by atoms with Crippen molar-refractivity contribution in [1.82, 2.24) is 4.98 Å². The molecule has 0 atom stereocenters. The van der Waals surface area contributed by atoms with Gasteiger partial charge in [-0.1, -0.05) is 17.7 Å². The first-order chi connectivity index (χ1) is 12.4. The van der Waals surface area contributed by atoms with Crippen molar-refractivity contribution in [3.05, 3.63) is 82.4 Å². The van der Waals surface area contributed by atoms with Gasteiger partial charge in [0.1, 0.15) is 5.82 Å². The number of hydrogen-bond donors (Lipinski definition) is 2. The molecule has 0 aliphatic heterocycles. The van der Waals surface area contributed by atoms with Crippen molar-refractivity contribution in [1.29, 1.82) is 0 Å². The lowest BCUT2D eigenvalue weighted by molar-refractivity contribution is 0.102. The number of nitrogens with one attached hydrogen (secondary N) is 2. The number of pyridine rings is 1. The van der Waals surface area contributed by atoms with Gasteiger partial charge in [-0.2, -0.15) is 0 Å². The third-order valence-corrected chi connectivity index (χ3v) is 3.98. The van der Waals surface area contributed by atoms with Gasteiger partial charge in [0.15, 0.2) is 0 Å². The van der Waals surface area contributed by atoms with Crippen LogP contribution in [0.3, 0.4) is 0 Å². The summed E-state index contributed by atoms with van der Waals surface area (Å²) in [7, 11) is 0. The van der Waals surface area contributed by atoms with Gasteiger partial charge in [0.25, 0.3) is 5.91 Å². The van der Waals surface area contributed by atoms with E-state index in [1.54, 1.807) is 12.3 Å². The number of aromatic nitrogens is 1. The summed E-state index contributed by atoms with van der Waals surface area (Å²) in [6.45, 7) is 4.04. The van der Waals surface area contributed by atoms with Gasteiger partial charge in [-0.05, 0) is 61.4 Å². The number of amides is 1. The number of benzene rings is 2. The molecule has 26 heavy (non-hydrogen) atoms. The third kappa shape index (κ3) is 4.37. The van der Waals surface area contributed by atoms with Crippen LogP contribution in [0, 0.1) is 19.7 Å². The van der Waals surface area contributed by atoms with Crippen LogP contribution in [0.1, 0.15) is 21.5 Å². The Hall–Kier alpha value is -2.92. The summed E-state index contributed by atoms with van der Waals surface area (Å²) in [4.78, 5) is 16.5. The van der Waals surface area contributed by atoms with E-state index in [0.717, 1.165) is 16.8 Å². The average molecular weight is 370 g/mol. The van der Waals surface area contributed by atoms with Crippen molar-refractivity contribution >= 4 is 34.6 Å². The van der Waals surface area contributed by atoms with E-state index in [2.05, 4.69) is 21.7 Å². The highest BCUT2D eigenvalue weighted by molar-refractivity contribution is 6.31. The second kappa shape index (κ2) is 7.54. The number of carbonyl (C=O) groups is 1. The van der Waals surface area contributed by atoms with Gasteiger partial charge in [-0.3, -0.25) is 9.78 Å². The first-order valence-corrected chi connectivity index (χ1v) is 8.35. The first kappa shape index (κ1) is 17.9. The van der Waals surface area contributed by atoms with E-state index in [1.807, 2.05) is 26.0 Å². The highest BCUT2D eigenvalue weighted by Gasteiger charge is 2.09. The predicted octanol–water partition coefficient (Wildman–Crippen LogP) is 5.49. The van der Waals surface area contributed by atoms with Crippen LogP contribution in [0.4, 0.5) is 21.5 Å². The fraction of sp³-hybridized carbons (Fsp3) is 0.100.